The number of ether oxygens (including phenoxy) is 1. The van der Waals surface area contributed by atoms with Crippen molar-refractivity contribution in [3.05, 3.63) is 59.9 Å². The van der Waals surface area contributed by atoms with Gasteiger partial charge in [-0.05, 0) is 61.7 Å². The van der Waals surface area contributed by atoms with Crippen LogP contribution < -0.4 is 10.2 Å². The van der Waals surface area contributed by atoms with E-state index in [0.29, 0.717) is 18.0 Å². The molecule has 1 aliphatic carbocycles. The van der Waals surface area contributed by atoms with Gasteiger partial charge in [0.1, 0.15) is 5.82 Å². The van der Waals surface area contributed by atoms with Gasteiger partial charge < -0.3 is 10.1 Å². The molecule has 3 rings (SSSR count). The summed E-state index contributed by atoms with van der Waals surface area (Å²) in [4.78, 5) is 25.8. The van der Waals surface area contributed by atoms with Crippen LogP contribution >= 0.6 is 0 Å². The summed E-state index contributed by atoms with van der Waals surface area (Å²) in [5.41, 5.74) is 1.56. The van der Waals surface area contributed by atoms with Crippen LogP contribution in [0.1, 0.15) is 25.3 Å². The molecule has 0 atom stereocenters. The molecule has 0 unspecified atom stereocenters. The van der Waals surface area contributed by atoms with Crippen LogP contribution in [0.4, 0.5) is 20.6 Å². The maximum atomic E-state index is 13.1. The molecule has 0 bridgehead atoms. The lowest BCUT2D eigenvalue weighted by Crippen LogP contribution is -2.28. The Morgan fingerprint density at radius 3 is 2.27 bits per heavy atom. The average molecular weight is 356 g/mol. The van der Waals surface area contributed by atoms with Gasteiger partial charge in [0, 0.05) is 18.4 Å². The number of nitrogens with zero attached hydrogens (tertiary/aromatic N) is 1. The van der Waals surface area contributed by atoms with Crippen LogP contribution in [0.2, 0.25) is 0 Å². The predicted octanol–water partition coefficient (Wildman–Crippen LogP) is 4.09. The predicted molar refractivity (Wildman–Crippen MR) is 97.8 cm³/mol. The third kappa shape index (κ3) is 3.54. The minimum absolute atomic E-state index is 0.101. The van der Waals surface area contributed by atoms with Crippen LogP contribution in [0.3, 0.4) is 0 Å². The second-order valence-electron chi connectivity index (χ2n) is 6.35. The zero-order valence-electron chi connectivity index (χ0n) is 14.8. The second-order valence-corrected chi connectivity index (χ2v) is 6.35. The number of anilines is 2. The first kappa shape index (κ1) is 17.9. The van der Waals surface area contributed by atoms with E-state index in [1.807, 2.05) is 0 Å². The van der Waals surface area contributed by atoms with Gasteiger partial charge in [0.2, 0.25) is 5.91 Å². The molecule has 0 radical (unpaired) electrons. The van der Waals surface area contributed by atoms with Crippen LogP contribution in [0.25, 0.3) is 0 Å². The smallest absolute Gasteiger partial charge is 0.413 e. The van der Waals surface area contributed by atoms with Gasteiger partial charge in [-0.1, -0.05) is 12.1 Å². The minimum atomic E-state index is -0.575. The van der Waals surface area contributed by atoms with E-state index in [2.05, 4.69) is 5.32 Å². The van der Waals surface area contributed by atoms with Crippen molar-refractivity contribution in [1.82, 2.24) is 0 Å². The maximum Gasteiger partial charge on any atom is 0.413 e. The number of carbonyl (C=O) groups is 2. The molecule has 2 aromatic rings. The molecule has 0 spiro atoms. The molecule has 136 valence electrons. The summed E-state index contributed by atoms with van der Waals surface area (Å²) in [7, 11) is 1.62. The maximum absolute atomic E-state index is 13.1. The van der Waals surface area contributed by atoms with Crippen LogP contribution in [0, 0.1) is 5.82 Å². The van der Waals surface area contributed by atoms with Crippen LogP contribution in [0.15, 0.2) is 48.5 Å². The SMILES string of the molecule is CCOC(=O)N(C)c1ccc(NC(=O)C2(c3ccc(F)cc3)CC2)cc1. The Hall–Kier alpha value is -2.89. The molecule has 5 nitrogen and oxygen atoms in total. The second kappa shape index (κ2) is 7.15. The Kier molecular flexibility index (Phi) is 4.93. The Labute approximate surface area is 151 Å². The molecule has 1 fully saturated rings. The highest BCUT2D eigenvalue weighted by Gasteiger charge is 2.51. The summed E-state index contributed by atoms with van der Waals surface area (Å²) >= 11 is 0. The highest BCUT2D eigenvalue weighted by molar-refractivity contribution is 6.01. The number of hydrogen-bond acceptors (Lipinski definition) is 3. The van der Waals surface area contributed by atoms with E-state index in [9.17, 15) is 14.0 Å². The van der Waals surface area contributed by atoms with Crippen LogP contribution in [-0.2, 0) is 14.9 Å². The van der Waals surface area contributed by atoms with Gasteiger partial charge in [-0.15, -0.1) is 0 Å². The molecule has 1 aliphatic rings. The molecule has 0 aromatic heterocycles. The van der Waals surface area contributed by atoms with Crippen molar-refractivity contribution in [2.75, 3.05) is 23.9 Å². The van der Waals surface area contributed by atoms with Crippen molar-refractivity contribution in [1.29, 1.82) is 0 Å². The average Bonchev–Trinajstić information content (AvgIpc) is 3.44. The molecule has 2 amide bonds. The Morgan fingerprint density at radius 2 is 1.73 bits per heavy atom. The molecule has 26 heavy (non-hydrogen) atoms. The van der Waals surface area contributed by atoms with E-state index in [4.69, 9.17) is 4.74 Å². The minimum Gasteiger partial charge on any atom is -0.449 e. The first-order valence-electron chi connectivity index (χ1n) is 8.54. The Morgan fingerprint density at radius 1 is 1.12 bits per heavy atom. The van der Waals surface area contributed by atoms with E-state index >= 15 is 0 Å². The van der Waals surface area contributed by atoms with Crippen molar-refractivity contribution < 1.29 is 18.7 Å². The van der Waals surface area contributed by atoms with Crippen molar-refractivity contribution in [3.8, 4) is 0 Å². The van der Waals surface area contributed by atoms with Gasteiger partial charge in [-0.3, -0.25) is 9.69 Å². The van der Waals surface area contributed by atoms with Gasteiger partial charge in [0.05, 0.1) is 12.0 Å². The lowest BCUT2D eigenvalue weighted by Gasteiger charge is -2.18. The number of carbonyl (C=O) groups excluding carboxylic acids is 2. The standard InChI is InChI=1S/C20H21FN2O3/c1-3-26-19(25)23(2)17-10-8-16(9-11-17)22-18(24)20(12-13-20)14-4-6-15(21)7-5-14/h4-11H,3,12-13H2,1-2H3,(H,22,24). The molecule has 0 saturated heterocycles. The van der Waals surface area contributed by atoms with E-state index in [-0.39, 0.29) is 11.7 Å². The van der Waals surface area contributed by atoms with Gasteiger partial charge in [0.25, 0.3) is 0 Å². The topological polar surface area (TPSA) is 58.6 Å². The highest BCUT2D eigenvalue weighted by Crippen LogP contribution is 2.49. The fourth-order valence-electron chi connectivity index (χ4n) is 2.89. The quantitative estimate of drug-likeness (QED) is 0.878. The zero-order valence-corrected chi connectivity index (χ0v) is 14.8. The number of hydrogen-bond donors (Lipinski definition) is 1. The third-order valence-electron chi connectivity index (χ3n) is 4.64. The van der Waals surface area contributed by atoms with Crippen molar-refractivity contribution in [2.45, 2.75) is 25.2 Å². The van der Waals surface area contributed by atoms with E-state index < -0.39 is 11.5 Å². The summed E-state index contributed by atoms with van der Waals surface area (Å²) in [6, 6.07) is 13.0. The van der Waals surface area contributed by atoms with Crippen molar-refractivity contribution in [3.63, 3.8) is 0 Å². The van der Waals surface area contributed by atoms with Crippen LogP contribution in [0.5, 0.6) is 0 Å². The fraction of sp³-hybridized carbons (Fsp3) is 0.300. The van der Waals surface area contributed by atoms with E-state index in [1.54, 1.807) is 50.4 Å². The molecular weight excluding hydrogens is 335 g/mol. The van der Waals surface area contributed by atoms with E-state index in [1.165, 1.54) is 17.0 Å². The highest BCUT2D eigenvalue weighted by atomic mass is 19.1. The molecule has 0 heterocycles. The number of halogens is 1. The summed E-state index contributed by atoms with van der Waals surface area (Å²) in [5.74, 6) is -0.415. The van der Waals surface area contributed by atoms with Gasteiger partial charge in [0.15, 0.2) is 0 Å². The first-order valence-corrected chi connectivity index (χ1v) is 8.54. The van der Waals surface area contributed by atoms with Gasteiger partial charge in [-0.25, -0.2) is 9.18 Å². The zero-order chi connectivity index (χ0) is 18.7. The summed E-state index contributed by atoms with van der Waals surface area (Å²) in [5, 5.41) is 2.91. The Balaban J connectivity index is 1.68. The number of amides is 2. The van der Waals surface area contributed by atoms with Crippen molar-refractivity contribution >= 4 is 23.4 Å². The van der Waals surface area contributed by atoms with Gasteiger partial charge >= 0.3 is 6.09 Å². The number of nitrogens with one attached hydrogen (secondary N) is 1. The van der Waals surface area contributed by atoms with Crippen molar-refractivity contribution in [2.24, 2.45) is 0 Å². The monoisotopic (exact) mass is 356 g/mol. The molecule has 1 saturated carbocycles. The molecular formula is C20H21FN2O3. The molecule has 1 N–H and O–H groups in total. The summed E-state index contributed by atoms with van der Waals surface area (Å²) in [6.07, 6.45) is 1.06. The largest absolute Gasteiger partial charge is 0.449 e. The third-order valence-corrected chi connectivity index (χ3v) is 4.64. The first-order chi connectivity index (χ1) is 12.5. The lowest BCUT2D eigenvalue weighted by molar-refractivity contribution is -0.118. The van der Waals surface area contributed by atoms with Gasteiger partial charge in [-0.2, -0.15) is 0 Å². The fourth-order valence-corrected chi connectivity index (χ4v) is 2.89. The van der Waals surface area contributed by atoms with Crippen LogP contribution in [-0.4, -0.2) is 25.7 Å². The summed E-state index contributed by atoms with van der Waals surface area (Å²) < 4.78 is 18.1. The van der Waals surface area contributed by atoms with E-state index in [0.717, 1.165) is 18.4 Å². The molecule has 0 aliphatic heterocycles. The number of benzene rings is 2. The number of rotatable bonds is 5. The Bertz CT molecular complexity index is 799. The molecule has 6 heteroatoms. The lowest BCUT2D eigenvalue weighted by atomic mass is 9.95. The molecule has 2 aromatic carbocycles. The normalized spacial score (nSPS) is 14.4. The summed E-state index contributed by atoms with van der Waals surface area (Å²) in [6.45, 7) is 2.06.